The molecule has 13 heteroatoms. The van der Waals surface area contributed by atoms with Crippen molar-refractivity contribution in [3.63, 3.8) is 0 Å². The number of rotatable bonds is 8. The van der Waals surface area contributed by atoms with Crippen LogP contribution in [-0.4, -0.2) is 63.3 Å². The van der Waals surface area contributed by atoms with E-state index in [1.165, 1.54) is 0 Å². The number of halogens is 3. The average Bonchev–Trinajstić information content (AvgIpc) is 2.71. The molecule has 9 nitrogen and oxygen atoms in total. The molecule has 176 valence electrons. The molecule has 3 rings (SSSR count). The van der Waals surface area contributed by atoms with E-state index in [9.17, 15) is 26.7 Å². The molecule has 1 unspecified atom stereocenters. The lowest BCUT2D eigenvalue weighted by molar-refractivity contribution is -0.165. The van der Waals surface area contributed by atoms with E-state index in [-0.39, 0.29) is 57.1 Å². The molecule has 0 saturated carbocycles. The molecule has 1 atom stereocenters. The third-order valence-corrected chi connectivity index (χ3v) is 5.82. The number of ether oxygens (including phenoxy) is 4. The van der Waals surface area contributed by atoms with Crippen molar-refractivity contribution in [1.82, 2.24) is 4.98 Å². The molecule has 0 radical (unpaired) electrons. The highest BCUT2D eigenvalue weighted by molar-refractivity contribution is 7.88. The van der Waals surface area contributed by atoms with Crippen molar-refractivity contribution in [2.45, 2.75) is 49.5 Å². The maximum absolute atomic E-state index is 12.7. The van der Waals surface area contributed by atoms with Crippen molar-refractivity contribution in [1.29, 1.82) is 0 Å². The molecule has 0 amide bonds. The molecule has 2 aliphatic rings. The molecule has 1 aromatic rings. The largest absolute Gasteiger partial charge is 0.534 e. The van der Waals surface area contributed by atoms with Gasteiger partial charge in [-0.1, -0.05) is 0 Å². The minimum absolute atomic E-state index is 0.0245. The Morgan fingerprint density at radius 1 is 1.16 bits per heavy atom. The van der Waals surface area contributed by atoms with Gasteiger partial charge in [0.2, 0.25) is 5.88 Å². The molecular weight excluding hydrogens is 447 g/mol. The second-order valence-corrected chi connectivity index (χ2v) is 8.71. The van der Waals surface area contributed by atoms with Crippen LogP contribution in [0.4, 0.5) is 13.2 Å². The first kappa shape index (κ1) is 24.0. The summed E-state index contributed by atoms with van der Waals surface area (Å²) in [5.74, 6) is -0.883. The zero-order chi connectivity index (χ0) is 22.5. The van der Waals surface area contributed by atoms with E-state index in [1.807, 2.05) is 0 Å². The fraction of sp³-hybridized carbons (Fsp3) is 0.722. The van der Waals surface area contributed by atoms with E-state index in [0.29, 0.717) is 6.61 Å². The van der Waals surface area contributed by atoms with Crippen LogP contribution in [0.2, 0.25) is 0 Å². The molecule has 2 saturated heterocycles. The molecule has 2 aliphatic heterocycles. The second-order valence-electron chi connectivity index (χ2n) is 7.17. The number of hydrogen-bond donors (Lipinski definition) is 1. The van der Waals surface area contributed by atoms with Crippen LogP contribution < -0.4 is 8.92 Å². The molecule has 1 N–H and O–H groups in total. The van der Waals surface area contributed by atoms with Crippen molar-refractivity contribution < 1.29 is 49.8 Å². The van der Waals surface area contributed by atoms with E-state index in [2.05, 4.69) is 9.17 Å². The van der Waals surface area contributed by atoms with E-state index < -0.39 is 27.0 Å². The lowest BCUT2D eigenvalue weighted by Crippen LogP contribution is -2.34. The lowest BCUT2D eigenvalue weighted by Gasteiger charge is -2.31. The molecule has 31 heavy (non-hydrogen) atoms. The van der Waals surface area contributed by atoms with Crippen LogP contribution in [0, 0.1) is 0 Å². The highest BCUT2D eigenvalue weighted by Crippen LogP contribution is 2.35. The summed E-state index contributed by atoms with van der Waals surface area (Å²) in [5.41, 5.74) is -7.21. The van der Waals surface area contributed by atoms with Gasteiger partial charge in [0.15, 0.2) is 6.29 Å². The summed E-state index contributed by atoms with van der Waals surface area (Å²) in [6.07, 6.45) is 2.58. The van der Waals surface area contributed by atoms with Crippen LogP contribution in [0.5, 0.6) is 11.6 Å². The Morgan fingerprint density at radius 3 is 2.55 bits per heavy atom. The summed E-state index contributed by atoms with van der Waals surface area (Å²) in [6, 6.07) is 1.86. The quantitative estimate of drug-likeness (QED) is 0.346. The Hall–Kier alpha value is -1.67. The SMILES string of the molecule is O=S(=O)(Oc1cc(OCCOC2CCCCO2)nc(C2(O)CCOCC2)c1)C(F)(F)F. The molecule has 2 fully saturated rings. The molecule has 0 aromatic carbocycles. The van der Waals surface area contributed by atoms with Crippen molar-refractivity contribution in [3.8, 4) is 11.6 Å². The first-order valence-corrected chi connectivity index (χ1v) is 11.2. The van der Waals surface area contributed by atoms with Crippen LogP contribution in [0.1, 0.15) is 37.8 Å². The van der Waals surface area contributed by atoms with Crippen molar-refractivity contribution in [2.75, 3.05) is 33.0 Å². The minimum Gasteiger partial charge on any atom is -0.475 e. The van der Waals surface area contributed by atoms with Gasteiger partial charge < -0.3 is 28.2 Å². The Morgan fingerprint density at radius 2 is 1.90 bits per heavy atom. The van der Waals surface area contributed by atoms with Crippen LogP contribution in [0.25, 0.3) is 0 Å². The predicted octanol–water partition coefficient (Wildman–Crippen LogP) is 2.23. The number of aromatic nitrogens is 1. The summed E-state index contributed by atoms with van der Waals surface area (Å²) >= 11 is 0. The molecule has 1 aromatic heterocycles. The predicted molar refractivity (Wildman–Crippen MR) is 98.8 cm³/mol. The van der Waals surface area contributed by atoms with Gasteiger partial charge in [0.1, 0.15) is 18.0 Å². The van der Waals surface area contributed by atoms with E-state index in [1.54, 1.807) is 0 Å². The monoisotopic (exact) mass is 471 g/mol. The fourth-order valence-electron chi connectivity index (χ4n) is 3.15. The highest BCUT2D eigenvalue weighted by atomic mass is 32.2. The van der Waals surface area contributed by atoms with E-state index >= 15 is 0 Å². The van der Waals surface area contributed by atoms with Crippen LogP contribution in [0.3, 0.4) is 0 Å². The number of nitrogens with zero attached hydrogens (tertiary/aromatic N) is 1. The van der Waals surface area contributed by atoms with Crippen molar-refractivity contribution >= 4 is 10.1 Å². The third-order valence-electron chi connectivity index (χ3n) is 4.84. The zero-order valence-electron chi connectivity index (χ0n) is 16.6. The first-order chi connectivity index (χ1) is 14.6. The van der Waals surface area contributed by atoms with Crippen LogP contribution >= 0.6 is 0 Å². The standard InChI is InChI=1S/C18H24F3NO8S/c19-18(20,21)31(24,25)30-13-11-14(17(23)4-7-26-8-5-17)22-15(12-13)27-9-10-29-16-3-1-2-6-28-16/h11-12,16,23H,1-10H2. The average molecular weight is 471 g/mol. The highest BCUT2D eigenvalue weighted by Gasteiger charge is 2.49. The van der Waals surface area contributed by atoms with E-state index in [0.717, 1.165) is 31.4 Å². The normalized spacial score (nSPS) is 22.1. The summed E-state index contributed by atoms with van der Waals surface area (Å²) in [6.45, 7) is 1.10. The number of alkyl halides is 3. The van der Waals surface area contributed by atoms with Gasteiger partial charge in [-0.25, -0.2) is 4.98 Å². The smallest absolute Gasteiger partial charge is 0.475 e. The fourth-order valence-corrected chi connectivity index (χ4v) is 3.59. The number of hydrogen-bond acceptors (Lipinski definition) is 9. The van der Waals surface area contributed by atoms with Gasteiger partial charge in [0.05, 0.1) is 12.3 Å². The van der Waals surface area contributed by atoms with Crippen molar-refractivity contribution in [2.24, 2.45) is 0 Å². The summed E-state index contributed by atoms with van der Waals surface area (Å²) < 4.78 is 86.7. The maximum atomic E-state index is 12.7. The Labute approximate surface area is 177 Å². The topological polar surface area (TPSA) is 113 Å². The van der Waals surface area contributed by atoms with Gasteiger partial charge in [-0.3, -0.25) is 0 Å². The number of pyridine rings is 1. The number of aliphatic hydroxyl groups is 1. The Kier molecular flexibility index (Phi) is 7.63. The van der Waals surface area contributed by atoms with Gasteiger partial charge in [-0.05, 0) is 19.3 Å². The van der Waals surface area contributed by atoms with Gasteiger partial charge in [-0.2, -0.15) is 21.6 Å². The van der Waals surface area contributed by atoms with Crippen molar-refractivity contribution in [3.05, 3.63) is 17.8 Å². The van der Waals surface area contributed by atoms with Gasteiger partial charge in [0.25, 0.3) is 0 Å². The third kappa shape index (κ3) is 6.42. The first-order valence-electron chi connectivity index (χ1n) is 9.78. The molecule has 0 aliphatic carbocycles. The zero-order valence-corrected chi connectivity index (χ0v) is 17.4. The van der Waals surface area contributed by atoms with Gasteiger partial charge in [0, 0.05) is 44.8 Å². The van der Waals surface area contributed by atoms with Gasteiger partial charge >= 0.3 is 15.6 Å². The van der Waals surface area contributed by atoms with Crippen LogP contribution in [-0.2, 0) is 29.9 Å². The Balaban J connectivity index is 1.74. The summed E-state index contributed by atoms with van der Waals surface area (Å²) in [4.78, 5) is 4.13. The maximum Gasteiger partial charge on any atom is 0.534 e. The minimum atomic E-state index is -5.91. The molecular formula is C18H24F3NO8S. The molecule has 0 bridgehead atoms. The summed E-state index contributed by atoms with van der Waals surface area (Å²) in [5, 5.41) is 10.8. The van der Waals surface area contributed by atoms with Gasteiger partial charge in [-0.15, -0.1) is 0 Å². The lowest BCUT2D eigenvalue weighted by atomic mass is 9.90. The molecule has 3 heterocycles. The van der Waals surface area contributed by atoms with E-state index in [4.69, 9.17) is 18.9 Å². The Bertz CT molecular complexity index is 837. The second kappa shape index (κ2) is 9.86. The van der Waals surface area contributed by atoms with Crippen LogP contribution in [0.15, 0.2) is 12.1 Å². The summed E-state index contributed by atoms with van der Waals surface area (Å²) in [7, 11) is -5.91. The molecule has 0 spiro atoms.